The van der Waals surface area contributed by atoms with E-state index in [-0.39, 0.29) is 5.91 Å². The summed E-state index contributed by atoms with van der Waals surface area (Å²) >= 11 is 0. The third kappa shape index (κ3) is 4.84. The van der Waals surface area contributed by atoms with Crippen molar-refractivity contribution in [3.8, 4) is 5.75 Å². The summed E-state index contributed by atoms with van der Waals surface area (Å²) in [4.78, 5) is 13.7. The predicted molar refractivity (Wildman–Crippen MR) is 83.9 cm³/mol. The van der Waals surface area contributed by atoms with Crippen molar-refractivity contribution in [2.75, 3.05) is 19.4 Å². The molecule has 0 bridgehead atoms. The van der Waals surface area contributed by atoms with Crippen molar-refractivity contribution in [1.82, 2.24) is 4.90 Å². The summed E-state index contributed by atoms with van der Waals surface area (Å²) in [5.41, 5.74) is 7.44. The summed E-state index contributed by atoms with van der Waals surface area (Å²) in [6.07, 6.45) is 0.345. The fraction of sp³-hybridized carbons (Fsp3) is 0.235. The summed E-state index contributed by atoms with van der Waals surface area (Å²) in [6, 6.07) is 17.1. The molecule has 0 spiro atoms. The van der Waals surface area contributed by atoms with E-state index in [2.05, 4.69) is 0 Å². The Hall–Kier alpha value is -2.49. The molecule has 0 radical (unpaired) electrons. The van der Waals surface area contributed by atoms with Crippen molar-refractivity contribution < 1.29 is 9.53 Å². The van der Waals surface area contributed by atoms with E-state index in [1.54, 1.807) is 24.1 Å². The van der Waals surface area contributed by atoms with E-state index in [1.807, 2.05) is 42.5 Å². The zero-order chi connectivity index (χ0) is 15.1. The predicted octanol–water partition coefficient (Wildman–Crippen LogP) is 2.70. The Kier molecular flexibility index (Phi) is 5.21. The van der Waals surface area contributed by atoms with Gasteiger partial charge < -0.3 is 15.4 Å². The average Bonchev–Trinajstić information content (AvgIpc) is 2.48. The number of hydrogen-bond acceptors (Lipinski definition) is 3. The zero-order valence-electron chi connectivity index (χ0n) is 12.2. The van der Waals surface area contributed by atoms with Gasteiger partial charge in [0.15, 0.2) is 0 Å². The number of carbonyl (C=O) groups is 1. The molecule has 0 aromatic heterocycles. The highest BCUT2D eigenvalue weighted by molar-refractivity contribution is 5.76. The van der Waals surface area contributed by atoms with Crippen LogP contribution < -0.4 is 10.5 Å². The minimum atomic E-state index is 0.0581. The smallest absolute Gasteiger partial charge is 0.226 e. The minimum absolute atomic E-state index is 0.0581. The number of benzene rings is 2. The largest absolute Gasteiger partial charge is 0.493 e. The van der Waals surface area contributed by atoms with Crippen LogP contribution in [-0.2, 0) is 11.3 Å². The molecule has 0 saturated heterocycles. The summed E-state index contributed by atoms with van der Waals surface area (Å²) in [5, 5.41) is 0. The van der Waals surface area contributed by atoms with E-state index in [1.165, 1.54) is 0 Å². The normalized spacial score (nSPS) is 10.1. The molecule has 0 aliphatic carbocycles. The summed E-state index contributed by atoms with van der Waals surface area (Å²) in [5.74, 6) is 0.747. The van der Waals surface area contributed by atoms with E-state index < -0.39 is 0 Å². The van der Waals surface area contributed by atoms with Gasteiger partial charge in [0.25, 0.3) is 0 Å². The van der Waals surface area contributed by atoms with Crippen LogP contribution in [0.3, 0.4) is 0 Å². The van der Waals surface area contributed by atoms with E-state index in [0.717, 1.165) is 5.56 Å². The van der Waals surface area contributed by atoms with Crippen LogP contribution in [-0.4, -0.2) is 24.5 Å². The van der Waals surface area contributed by atoms with E-state index in [0.29, 0.717) is 31.0 Å². The van der Waals surface area contributed by atoms with Crippen molar-refractivity contribution in [1.29, 1.82) is 0 Å². The fourth-order valence-electron chi connectivity index (χ4n) is 2.00. The first-order valence-corrected chi connectivity index (χ1v) is 6.91. The number of nitrogens with two attached hydrogens (primary N) is 1. The van der Waals surface area contributed by atoms with Gasteiger partial charge in [0.05, 0.1) is 13.0 Å². The second-order valence-electron chi connectivity index (χ2n) is 4.91. The first kappa shape index (κ1) is 14.9. The number of carbonyl (C=O) groups excluding carboxylic acids is 1. The standard InChI is InChI=1S/C17H20N2O2/c1-19(13-14-6-3-2-4-7-14)17(20)10-11-21-16-9-5-8-15(18)12-16/h2-9,12H,10-11,13,18H2,1H3. The van der Waals surface area contributed by atoms with Crippen LogP contribution in [0.2, 0.25) is 0 Å². The van der Waals surface area contributed by atoms with Gasteiger partial charge in [-0.25, -0.2) is 0 Å². The second kappa shape index (κ2) is 7.33. The number of hydrogen-bond donors (Lipinski definition) is 1. The molecule has 0 saturated carbocycles. The SMILES string of the molecule is CN(Cc1ccccc1)C(=O)CCOc1cccc(N)c1. The van der Waals surface area contributed by atoms with Crippen molar-refractivity contribution in [3.05, 3.63) is 60.2 Å². The number of nitrogen functional groups attached to an aromatic ring is 1. The Morgan fingerprint density at radius 1 is 1.14 bits per heavy atom. The lowest BCUT2D eigenvalue weighted by Crippen LogP contribution is -2.27. The molecule has 21 heavy (non-hydrogen) atoms. The number of nitrogens with zero attached hydrogens (tertiary/aromatic N) is 1. The topological polar surface area (TPSA) is 55.6 Å². The molecular weight excluding hydrogens is 264 g/mol. The summed E-state index contributed by atoms with van der Waals surface area (Å²) in [7, 11) is 1.80. The lowest BCUT2D eigenvalue weighted by molar-refractivity contribution is -0.130. The van der Waals surface area contributed by atoms with Gasteiger partial charge in [-0.05, 0) is 17.7 Å². The number of anilines is 1. The molecule has 1 amide bonds. The van der Waals surface area contributed by atoms with Gasteiger partial charge >= 0.3 is 0 Å². The molecule has 0 unspecified atom stereocenters. The van der Waals surface area contributed by atoms with Crippen molar-refractivity contribution in [2.45, 2.75) is 13.0 Å². The quantitative estimate of drug-likeness (QED) is 0.830. The number of amides is 1. The Morgan fingerprint density at radius 3 is 2.62 bits per heavy atom. The monoisotopic (exact) mass is 284 g/mol. The molecule has 0 heterocycles. The third-order valence-corrected chi connectivity index (χ3v) is 3.13. The Morgan fingerprint density at radius 2 is 1.90 bits per heavy atom. The van der Waals surface area contributed by atoms with Crippen LogP contribution in [0.1, 0.15) is 12.0 Å². The van der Waals surface area contributed by atoms with Crippen LogP contribution in [0.15, 0.2) is 54.6 Å². The molecule has 2 aromatic carbocycles. The van der Waals surface area contributed by atoms with Gasteiger partial charge in [-0.15, -0.1) is 0 Å². The molecule has 0 aliphatic rings. The summed E-state index contributed by atoms with van der Waals surface area (Å²) in [6.45, 7) is 0.958. The third-order valence-electron chi connectivity index (χ3n) is 3.13. The maximum absolute atomic E-state index is 12.0. The molecule has 0 atom stereocenters. The highest BCUT2D eigenvalue weighted by Gasteiger charge is 2.09. The molecule has 0 aliphatic heterocycles. The Labute approximate surface area is 125 Å². The number of ether oxygens (including phenoxy) is 1. The van der Waals surface area contributed by atoms with Gasteiger partial charge in [-0.3, -0.25) is 4.79 Å². The van der Waals surface area contributed by atoms with Crippen molar-refractivity contribution in [3.63, 3.8) is 0 Å². The molecule has 4 heteroatoms. The fourth-order valence-corrected chi connectivity index (χ4v) is 2.00. The molecule has 2 rings (SSSR count). The van der Waals surface area contributed by atoms with Gasteiger partial charge in [-0.1, -0.05) is 36.4 Å². The molecule has 2 aromatic rings. The minimum Gasteiger partial charge on any atom is -0.493 e. The second-order valence-corrected chi connectivity index (χ2v) is 4.91. The molecule has 2 N–H and O–H groups in total. The van der Waals surface area contributed by atoms with Crippen LogP contribution in [0.5, 0.6) is 5.75 Å². The first-order chi connectivity index (χ1) is 10.1. The maximum Gasteiger partial charge on any atom is 0.226 e. The highest BCUT2D eigenvalue weighted by Crippen LogP contribution is 2.14. The van der Waals surface area contributed by atoms with Gasteiger partial charge in [0, 0.05) is 25.3 Å². The van der Waals surface area contributed by atoms with Crippen molar-refractivity contribution >= 4 is 11.6 Å². The van der Waals surface area contributed by atoms with Crippen LogP contribution in [0.4, 0.5) is 5.69 Å². The zero-order valence-corrected chi connectivity index (χ0v) is 12.2. The Bertz CT molecular complexity index is 584. The summed E-state index contributed by atoms with van der Waals surface area (Å²) < 4.78 is 5.53. The van der Waals surface area contributed by atoms with Gasteiger partial charge in [0.2, 0.25) is 5.91 Å². The molecular formula is C17H20N2O2. The van der Waals surface area contributed by atoms with Crippen molar-refractivity contribution in [2.24, 2.45) is 0 Å². The van der Waals surface area contributed by atoms with E-state index in [9.17, 15) is 4.79 Å². The average molecular weight is 284 g/mol. The maximum atomic E-state index is 12.0. The first-order valence-electron chi connectivity index (χ1n) is 6.91. The Balaban J connectivity index is 1.76. The lowest BCUT2D eigenvalue weighted by Gasteiger charge is -2.17. The molecule has 0 fully saturated rings. The van der Waals surface area contributed by atoms with E-state index >= 15 is 0 Å². The van der Waals surface area contributed by atoms with E-state index in [4.69, 9.17) is 10.5 Å². The van der Waals surface area contributed by atoms with Crippen LogP contribution in [0, 0.1) is 0 Å². The van der Waals surface area contributed by atoms with Gasteiger partial charge in [0.1, 0.15) is 5.75 Å². The van der Waals surface area contributed by atoms with Crippen LogP contribution >= 0.6 is 0 Å². The molecule has 4 nitrogen and oxygen atoms in total. The van der Waals surface area contributed by atoms with Crippen LogP contribution in [0.25, 0.3) is 0 Å². The molecule has 110 valence electrons. The lowest BCUT2D eigenvalue weighted by atomic mass is 10.2. The number of rotatable bonds is 6. The van der Waals surface area contributed by atoms with Gasteiger partial charge in [-0.2, -0.15) is 0 Å². The highest BCUT2D eigenvalue weighted by atomic mass is 16.5.